The van der Waals surface area contributed by atoms with Crippen LogP contribution in [0.3, 0.4) is 0 Å². The first-order valence-corrected chi connectivity index (χ1v) is 4.52. The van der Waals surface area contributed by atoms with Crippen molar-refractivity contribution in [2.24, 2.45) is 0 Å². The standard InChI is InChI=1S/C11H10N2O2/c1-2-9-4-3-7-5-8(11(14)15)6-12-10(7)13-9/h2-4,6H,1,5H2,(H,12,13)(H,14,15). The Labute approximate surface area is 87.0 Å². The predicted molar refractivity (Wildman–Crippen MR) is 57.4 cm³/mol. The van der Waals surface area contributed by atoms with Crippen molar-refractivity contribution in [1.82, 2.24) is 4.98 Å². The Morgan fingerprint density at radius 3 is 3.07 bits per heavy atom. The van der Waals surface area contributed by atoms with Gasteiger partial charge in [0, 0.05) is 12.6 Å². The smallest absolute Gasteiger partial charge is 0.333 e. The van der Waals surface area contributed by atoms with Crippen LogP contribution >= 0.6 is 0 Å². The Balaban J connectivity index is 2.34. The zero-order chi connectivity index (χ0) is 10.8. The molecule has 1 aromatic rings. The molecule has 0 aromatic carbocycles. The van der Waals surface area contributed by atoms with Gasteiger partial charge in [0.15, 0.2) is 0 Å². The van der Waals surface area contributed by atoms with E-state index < -0.39 is 5.97 Å². The lowest BCUT2D eigenvalue weighted by atomic mass is 10.0. The zero-order valence-electron chi connectivity index (χ0n) is 8.03. The number of hydrogen-bond donors (Lipinski definition) is 2. The van der Waals surface area contributed by atoms with Crippen LogP contribution in [0.5, 0.6) is 0 Å². The van der Waals surface area contributed by atoms with Crippen LogP contribution < -0.4 is 5.32 Å². The van der Waals surface area contributed by atoms with Gasteiger partial charge in [-0.05, 0) is 17.7 Å². The lowest BCUT2D eigenvalue weighted by Crippen LogP contribution is -2.13. The fraction of sp³-hybridized carbons (Fsp3) is 0.0909. The lowest BCUT2D eigenvalue weighted by Gasteiger charge is -2.15. The van der Waals surface area contributed by atoms with E-state index >= 15 is 0 Å². The van der Waals surface area contributed by atoms with Crippen molar-refractivity contribution in [2.75, 3.05) is 5.32 Å². The molecule has 1 aliphatic rings. The van der Waals surface area contributed by atoms with Crippen molar-refractivity contribution in [3.05, 3.63) is 41.7 Å². The van der Waals surface area contributed by atoms with Gasteiger partial charge in [-0.15, -0.1) is 0 Å². The molecule has 0 spiro atoms. The number of anilines is 1. The summed E-state index contributed by atoms with van der Waals surface area (Å²) in [4.78, 5) is 15.0. The van der Waals surface area contributed by atoms with Crippen LogP contribution in [-0.4, -0.2) is 16.1 Å². The first-order valence-electron chi connectivity index (χ1n) is 4.52. The van der Waals surface area contributed by atoms with Crippen LogP contribution in [0, 0.1) is 0 Å². The molecule has 1 aromatic heterocycles. The average molecular weight is 202 g/mol. The molecule has 0 saturated carbocycles. The summed E-state index contributed by atoms with van der Waals surface area (Å²) in [6.45, 7) is 3.62. The third-order valence-electron chi connectivity index (χ3n) is 2.25. The largest absolute Gasteiger partial charge is 0.478 e. The Morgan fingerprint density at radius 1 is 1.60 bits per heavy atom. The highest BCUT2D eigenvalue weighted by Crippen LogP contribution is 2.22. The molecule has 0 atom stereocenters. The van der Waals surface area contributed by atoms with Crippen LogP contribution in [0.1, 0.15) is 11.3 Å². The first-order chi connectivity index (χ1) is 7.20. The number of rotatable bonds is 2. The number of nitrogens with zero attached hydrogens (tertiary/aromatic N) is 1. The molecule has 1 aliphatic heterocycles. The second kappa shape index (κ2) is 3.57. The second-order valence-corrected chi connectivity index (χ2v) is 3.24. The average Bonchev–Trinajstić information content (AvgIpc) is 2.27. The van der Waals surface area contributed by atoms with E-state index in [2.05, 4.69) is 16.9 Å². The van der Waals surface area contributed by atoms with Crippen LogP contribution in [0.2, 0.25) is 0 Å². The molecule has 0 amide bonds. The number of pyridine rings is 1. The van der Waals surface area contributed by atoms with E-state index in [1.165, 1.54) is 6.20 Å². The lowest BCUT2D eigenvalue weighted by molar-refractivity contribution is -0.132. The van der Waals surface area contributed by atoms with E-state index in [4.69, 9.17) is 5.11 Å². The Morgan fingerprint density at radius 2 is 2.40 bits per heavy atom. The third kappa shape index (κ3) is 1.74. The number of carboxylic acid groups (broad SMARTS) is 1. The summed E-state index contributed by atoms with van der Waals surface area (Å²) in [6, 6.07) is 3.68. The summed E-state index contributed by atoms with van der Waals surface area (Å²) in [5, 5.41) is 11.7. The van der Waals surface area contributed by atoms with Gasteiger partial charge in [-0.3, -0.25) is 0 Å². The number of fused-ring (bicyclic) bond motifs is 1. The molecule has 0 radical (unpaired) electrons. The molecule has 0 aliphatic carbocycles. The number of carbonyl (C=O) groups is 1. The number of nitrogens with one attached hydrogen (secondary N) is 1. The normalized spacial score (nSPS) is 13.5. The minimum atomic E-state index is -0.902. The highest BCUT2D eigenvalue weighted by atomic mass is 16.4. The van der Waals surface area contributed by atoms with Gasteiger partial charge >= 0.3 is 5.97 Å². The van der Waals surface area contributed by atoms with E-state index in [0.717, 1.165) is 11.3 Å². The SMILES string of the molecule is C=Cc1ccc2c(n1)NC=C(C(=O)O)C2. The van der Waals surface area contributed by atoms with E-state index in [0.29, 0.717) is 17.8 Å². The molecule has 4 heteroatoms. The highest BCUT2D eigenvalue weighted by Gasteiger charge is 2.16. The van der Waals surface area contributed by atoms with Crippen LogP contribution in [0.15, 0.2) is 30.5 Å². The summed E-state index contributed by atoms with van der Waals surface area (Å²) in [6.07, 6.45) is 3.53. The molecule has 2 rings (SSSR count). The highest BCUT2D eigenvalue weighted by molar-refractivity contribution is 5.88. The topological polar surface area (TPSA) is 62.2 Å². The predicted octanol–water partition coefficient (Wildman–Crippen LogP) is 1.66. The van der Waals surface area contributed by atoms with E-state index in [1.807, 2.05) is 12.1 Å². The molecule has 4 nitrogen and oxygen atoms in total. The number of hydrogen-bond acceptors (Lipinski definition) is 3. The Bertz CT molecular complexity index is 464. The van der Waals surface area contributed by atoms with E-state index in [1.54, 1.807) is 6.08 Å². The maximum absolute atomic E-state index is 10.7. The minimum absolute atomic E-state index is 0.343. The van der Waals surface area contributed by atoms with Gasteiger partial charge in [0.2, 0.25) is 0 Å². The van der Waals surface area contributed by atoms with Gasteiger partial charge < -0.3 is 10.4 Å². The molecule has 2 heterocycles. The fourth-order valence-electron chi connectivity index (χ4n) is 1.43. The van der Waals surface area contributed by atoms with Gasteiger partial charge in [-0.1, -0.05) is 12.6 Å². The second-order valence-electron chi connectivity index (χ2n) is 3.24. The molecule has 0 saturated heterocycles. The molecule has 0 fully saturated rings. The quantitative estimate of drug-likeness (QED) is 0.765. The minimum Gasteiger partial charge on any atom is -0.478 e. The molecular weight excluding hydrogens is 192 g/mol. The Hall–Kier alpha value is -2.10. The van der Waals surface area contributed by atoms with Crippen LogP contribution in [0.25, 0.3) is 6.08 Å². The van der Waals surface area contributed by atoms with Crippen LogP contribution in [-0.2, 0) is 11.2 Å². The summed E-state index contributed by atoms with van der Waals surface area (Å²) >= 11 is 0. The zero-order valence-corrected chi connectivity index (χ0v) is 8.03. The molecule has 76 valence electrons. The summed E-state index contributed by atoms with van der Waals surface area (Å²) in [5.74, 6) is -0.196. The number of aromatic nitrogens is 1. The van der Waals surface area contributed by atoms with Crippen molar-refractivity contribution in [3.8, 4) is 0 Å². The van der Waals surface area contributed by atoms with Crippen molar-refractivity contribution in [3.63, 3.8) is 0 Å². The van der Waals surface area contributed by atoms with Crippen molar-refractivity contribution >= 4 is 17.9 Å². The molecule has 2 N–H and O–H groups in total. The van der Waals surface area contributed by atoms with Gasteiger partial charge in [-0.2, -0.15) is 0 Å². The summed E-state index contributed by atoms with van der Waals surface area (Å²) < 4.78 is 0. The van der Waals surface area contributed by atoms with E-state index in [-0.39, 0.29) is 0 Å². The maximum atomic E-state index is 10.7. The molecular formula is C11H10N2O2. The monoisotopic (exact) mass is 202 g/mol. The first kappa shape index (κ1) is 9.45. The maximum Gasteiger partial charge on any atom is 0.333 e. The third-order valence-corrected chi connectivity index (χ3v) is 2.25. The molecule has 0 bridgehead atoms. The van der Waals surface area contributed by atoms with Crippen molar-refractivity contribution in [1.29, 1.82) is 0 Å². The molecule has 0 unspecified atom stereocenters. The molecule has 15 heavy (non-hydrogen) atoms. The Kier molecular flexibility index (Phi) is 2.25. The number of aliphatic carboxylic acids is 1. The van der Waals surface area contributed by atoms with Gasteiger partial charge in [0.05, 0.1) is 11.3 Å². The van der Waals surface area contributed by atoms with Crippen LogP contribution in [0.4, 0.5) is 5.82 Å². The summed E-state index contributed by atoms with van der Waals surface area (Å²) in [5.41, 5.74) is 2.00. The van der Waals surface area contributed by atoms with Gasteiger partial charge in [0.25, 0.3) is 0 Å². The van der Waals surface area contributed by atoms with E-state index in [9.17, 15) is 4.79 Å². The van der Waals surface area contributed by atoms with Crippen molar-refractivity contribution < 1.29 is 9.90 Å². The number of carboxylic acids is 1. The fourth-order valence-corrected chi connectivity index (χ4v) is 1.43. The summed E-state index contributed by atoms with van der Waals surface area (Å²) in [7, 11) is 0. The van der Waals surface area contributed by atoms with Gasteiger partial charge in [0.1, 0.15) is 5.82 Å². The van der Waals surface area contributed by atoms with Gasteiger partial charge in [-0.25, -0.2) is 9.78 Å². The van der Waals surface area contributed by atoms with Crippen molar-refractivity contribution in [2.45, 2.75) is 6.42 Å².